The van der Waals surface area contributed by atoms with Gasteiger partial charge in [-0.3, -0.25) is 4.72 Å². The molecule has 1 aromatic carbocycles. The van der Waals surface area contributed by atoms with Crippen molar-refractivity contribution in [1.82, 2.24) is 10.2 Å². The van der Waals surface area contributed by atoms with Crippen LogP contribution in [0.3, 0.4) is 0 Å². The summed E-state index contributed by atoms with van der Waals surface area (Å²) in [5, 5.41) is 8.19. The Bertz CT molecular complexity index is 879. The number of methoxy groups -OCH3 is 2. The molecule has 0 bridgehead atoms. The Morgan fingerprint density at radius 2 is 1.74 bits per heavy atom. The lowest BCUT2D eigenvalue weighted by Gasteiger charge is -2.30. The molecule has 1 saturated heterocycles. The number of ether oxygens (including phenoxy) is 2. The highest BCUT2D eigenvalue weighted by molar-refractivity contribution is 7.92. The number of piperidine rings is 1. The fourth-order valence-corrected chi connectivity index (χ4v) is 3.98. The molecule has 2 aromatic rings. The van der Waals surface area contributed by atoms with E-state index in [1.54, 1.807) is 18.2 Å². The van der Waals surface area contributed by atoms with Crippen LogP contribution >= 0.6 is 0 Å². The largest absolute Gasteiger partial charge is 0.493 e. The minimum absolute atomic E-state index is 0.0519. The number of nitrogens with one attached hydrogen (secondary N) is 1. The van der Waals surface area contributed by atoms with E-state index in [0.717, 1.165) is 37.7 Å². The minimum atomic E-state index is -3.82. The fourth-order valence-electron chi connectivity index (χ4n) is 2.97. The molecule has 1 aromatic heterocycles. The van der Waals surface area contributed by atoms with Crippen LogP contribution in [0, 0.1) is 5.92 Å². The summed E-state index contributed by atoms with van der Waals surface area (Å²) >= 11 is 0. The second kappa shape index (κ2) is 7.99. The third-order valence-corrected chi connectivity index (χ3v) is 6.01. The number of sulfonamides is 1. The highest BCUT2D eigenvalue weighted by atomic mass is 32.2. The van der Waals surface area contributed by atoms with E-state index in [1.165, 1.54) is 26.4 Å². The van der Waals surface area contributed by atoms with E-state index in [2.05, 4.69) is 26.7 Å². The molecule has 0 amide bonds. The second-order valence-corrected chi connectivity index (χ2v) is 8.25. The molecular weight excluding hydrogens is 368 g/mol. The lowest BCUT2D eigenvalue weighted by Crippen LogP contribution is -2.33. The summed E-state index contributed by atoms with van der Waals surface area (Å²) in [6, 6.07) is 7.80. The van der Waals surface area contributed by atoms with Crippen molar-refractivity contribution in [1.29, 1.82) is 0 Å². The van der Waals surface area contributed by atoms with Crippen LogP contribution in [0.25, 0.3) is 0 Å². The molecule has 9 heteroatoms. The molecule has 0 spiro atoms. The van der Waals surface area contributed by atoms with Gasteiger partial charge in [-0.1, -0.05) is 6.92 Å². The summed E-state index contributed by atoms with van der Waals surface area (Å²) in [6.45, 7) is 4.12. The van der Waals surface area contributed by atoms with Crippen LogP contribution in [0.5, 0.6) is 11.5 Å². The zero-order valence-electron chi connectivity index (χ0n) is 15.7. The number of nitrogens with zero attached hydrogens (tertiary/aromatic N) is 3. The molecule has 27 heavy (non-hydrogen) atoms. The predicted molar refractivity (Wildman–Crippen MR) is 103 cm³/mol. The Balaban J connectivity index is 1.74. The first-order valence-electron chi connectivity index (χ1n) is 8.76. The van der Waals surface area contributed by atoms with Crippen molar-refractivity contribution in [3.05, 3.63) is 30.3 Å². The zero-order chi connectivity index (χ0) is 19.4. The van der Waals surface area contributed by atoms with Gasteiger partial charge in [0.05, 0.1) is 19.1 Å². The van der Waals surface area contributed by atoms with E-state index < -0.39 is 10.0 Å². The first-order valence-corrected chi connectivity index (χ1v) is 10.2. The quantitative estimate of drug-likeness (QED) is 0.807. The Morgan fingerprint density at radius 1 is 1.04 bits per heavy atom. The van der Waals surface area contributed by atoms with E-state index >= 15 is 0 Å². The van der Waals surface area contributed by atoms with Crippen molar-refractivity contribution in [2.45, 2.75) is 24.7 Å². The maximum absolute atomic E-state index is 12.6. The van der Waals surface area contributed by atoms with Gasteiger partial charge in [-0.15, -0.1) is 10.2 Å². The molecule has 0 saturated carbocycles. The molecule has 1 aliphatic heterocycles. The standard InChI is InChI=1S/C18H24N4O4S/c1-13-8-10-22(11-9-13)18-7-6-17(19-20-18)21-27(23,24)14-4-5-15(25-2)16(12-14)26-3/h4-7,12-13H,8-11H2,1-3H3,(H,19,21). The Kier molecular flexibility index (Phi) is 5.69. The topological polar surface area (TPSA) is 93.7 Å². The number of aromatic nitrogens is 2. The number of hydrogen-bond donors (Lipinski definition) is 1. The van der Waals surface area contributed by atoms with Gasteiger partial charge in [-0.05, 0) is 43.0 Å². The maximum atomic E-state index is 12.6. The molecule has 1 fully saturated rings. The molecule has 1 N–H and O–H groups in total. The number of rotatable bonds is 6. The second-order valence-electron chi connectivity index (χ2n) is 6.57. The van der Waals surface area contributed by atoms with Gasteiger partial charge in [-0.25, -0.2) is 8.42 Å². The number of anilines is 2. The van der Waals surface area contributed by atoms with Crippen molar-refractivity contribution < 1.29 is 17.9 Å². The van der Waals surface area contributed by atoms with Gasteiger partial charge >= 0.3 is 0 Å². The summed E-state index contributed by atoms with van der Waals surface area (Å²) in [5.41, 5.74) is 0. The number of hydrogen-bond acceptors (Lipinski definition) is 7. The van der Waals surface area contributed by atoms with E-state index in [1.807, 2.05) is 0 Å². The van der Waals surface area contributed by atoms with Crippen molar-refractivity contribution in [2.75, 3.05) is 36.9 Å². The van der Waals surface area contributed by atoms with Gasteiger partial charge in [0.15, 0.2) is 23.1 Å². The molecule has 1 aliphatic rings. The first-order chi connectivity index (χ1) is 12.9. The van der Waals surface area contributed by atoms with Crippen LogP contribution in [-0.4, -0.2) is 45.9 Å². The lowest BCUT2D eigenvalue weighted by atomic mass is 9.99. The number of benzene rings is 1. The summed E-state index contributed by atoms with van der Waals surface area (Å²) in [6.07, 6.45) is 2.24. The third kappa shape index (κ3) is 4.41. The van der Waals surface area contributed by atoms with Crippen LogP contribution in [0.15, 0.2) is 35.2 Å². The van der Waals surface area contributed by atoms with Crippen LogP contribution < -0.4 is 19.1 Å². The van der Waals surface area contributed by atoms with Crippen LogP contribution in [0.1, 0.15) is 19.8 Å². The van der Waals surface area contributed by atoms with Gasteiger partial charge < -0.3 is 14.4 Å². The van der Waals surface area contributed by atoms with Crippen molar-refractivity contribution in [2.24, 2.45) is 5.92 Å². The van der Waals surface area contributed by atoms with Crippen LogP contribution in [0.4, 0.5) is 11.6 Å². The van der Waals surface area contributed by atoms with Crippen molar-refractivity contribution in [3.8, 4) is 11.5 Å². The van der Waals surface area contributed by atoms with E-state index in [9.17, 15) is 8.42 Å². The molecule has 0 aliphatic carbocycles. The predicted octanol–water partition coefficient (Wildman–Crippen LogP) is 2.53. The molecule has 8 nitrogen and oxygen atoms in total. The SMILES string of the molecule is COc1ccc(S(=O)(=O)Nc2ccc(N3CCC(C)CC3)nn2)cc1OC. The molecule has 2 heterocycles. The summed E-state index contributed by atoms with van der Waals surface area (Å²) in [4.78, 5) is 2.22. The monoisotopic (exact) mass is 392 g/mol. The van der Waals surface area contributed by atoms with Crippen LogP contribution in [-0.2, 0) is 10.0 Å². The van der Waals surface area contributed by atoms with E-state index in [-0.39, 0.29) is 10.7 Å². The Hall–Kier alpha value is -2.55. The van der Waals surface area contributed by atoms with Gasteiger partial charge in [0.2, 0.25) is 0 Å². The van der Waals surface area contributed by atoms with Crippen molar-refractivity contribution >= 4 is 21.7 Å². The first kappa shape index (κ1) is 19.2. The third-order valence-electron chi connectivity index (χ3n) is 4.66. The average Bonchev–Trinajstić information content (AvgIpc) is 2.68. The van der Waals surface area contributed by atoms with Gasteiger partial charge in [0.1, 0.15) is 0 Å². The van der Waals surface area contributed by atoms with E-state index in [4.69, 9.17) is 9.47 Å². The van der Waals surface area contributed by atoms with Gasteiger partial charge in [0.25, 0.3) is 10.0 Å². The molecule has 146 valence electrons. The summed E-state index contributed by atoms with van der Waals surface area (Å²) < 4.78 is 38.0. The zero-order valence-corrected chi connectivity index (χ0v) is 16.5. The smallest absolute Gasteiger partial charge is 0.263 e. The Labute approximate surface area is 159 Å². The van der Waals surface area contributed by atoms with E-state index in [0.29, 0.717) is 11.5 Å². The molecule has 0 unspecified atom stereocenters. The fraction of sp³-hybridized carbons (Fsp3) is 0.444. The minimum Gasteiger partial charge on any atom is -0.493 e. The Morgan fingerprint density at radius 3 is 2.33 bits per heavy atom. The van der Waals surface area contributed by atoms with Gasteiger partial charge in [-0.2, -0.15) is 0 Å². The van der Waals surface area contributed by atoms with Crippen molar-refractivity contribution in [3.63, 3.8) is 0 Å². The highest BCUT2D eigenvalue weighted by Gasteiger charge is 2.20. The summed E-state index contributed by atoms with van der Waals surface area (Å²) in [7, 11) is -0.875. The van der Waals surface area contributed by atoms with Gasteiger partial charge in [0, 0.05) is 19.2 Å². The highest BCUT2D eigenvalue weighted by Crippen LogP contribution is 2.30. The molecular formula is C18H24N4O4S. The molecule has 0 radical (unpaired) electrons. The lowest BCUT2D eigenvalue weighted by molar-refractivity contribution is 0.354. The molecule has 3 rings (SSSR count). The normalized spacial score (nSPS) is 15.4. The molecule has 0 atom stereocenters. The maximum Gasteiger partial charge on any atom is 0.263 e. The van der Waals surface area contributed by atoms with Crippen LogP contribution in [0.2, 0.25) is 0 Å². The average molecular weight is 392 g/mol. The summed E-state index contributed by atoms with van der Waals surface area (Å²) in [5.74, 6) is 2.44.